The summed E-state index contributed by atoms with van der Waals surface area (Å²) in [6, 6.07) is 20.1. The molecule has 0 fully saturated rings. The normalized spacial score (nSPS) is 10.8. The Kier molecular flexibility index (Phi) is 5.72. The highest BCUT2D eigenvalue weighted by atomic mass is 35.5. The van der Waals surface area contributed by atoms with Gasteiger partial charge in [-0.3, -0.25) is 4.98 Å². The molecular formula is C24H22ClN5. The van der Waals surface area contributed by atoms with Crippen molar-refractivity contribution in [3.63, 3.8) is 0 Å². The van der Waals surface area contributed by atoms with Crippen molar-refractivity contribution in [1.29, 1.82) is 0 Å². The predicted octanol–water partition coefficient (Wildman–Crippen LogP) is 5.92. The number of benzene rings is 2. The lowest BCUT2D eigenvalue weighted by atomic mass is 10.1. The Morgan fingerprint density at radius 1 is 0.933 bits per heavy atom. The monoisotopic (exact) mass is 415 g/mol. The molecule has 30 heavy (non-hydrogen) atoms. The Morgan fingerprint density at radius 3 is 2.63 bits per heavy atom. The van der Waals surface area contributed by atoms with Crippen molar-refractivity contribution in [3.05, 3.63) is 88.8 Å². The molecular weight excluding hydrogens is 394 g/mol. The van der Waals surface area contributed by atoms with Crippen molar-refractivity contribution in [2.45, 2.75) is 27.2 Å². The van der Waals surface area contributed by atoms with Crippen LogP contribution in [0.5, 0.6) is 0 Å². The van der Waals surface area contributed by atoms with Gasteiger partial charge in [0, 0.05) is 28.6 Å². The van der Waals surface area contributed by atoms with Gasteiger partial charge in [-0.1, -0.05) is 49.7 Å². The highest BCUT2D eigenvalue weighted by molar-refractivity contribution is 6.31. The van der Waals surface area contributed by atoms with Crippen molar-refractivity contribution >= 4 is 28.2 Å². The number of aryl methyl sites for hydroxylation is 1. The molecule has 0 N–H and O–H groups in total. The molecule has 0 spiro atoms. The second-order valence-corrected chi connectivity index (χ2v) is 7.18. The second kappa shape index (κ2) is 8.59. The van der Waals surface area contributed by atoms with Gasteiger partial charge < -0.3 is 0 Å². The lowest BCUT2D eigenvalue weighted by molar-refractivity contribution is 0.842. The molecule has 0 saturated heterocycles. The second-order valence-electron chi connectivity index (χ2n) is 6.78. The molecule has 0 bridgehead atoms. The molecule has 3 heterocycles. The minimum absolute atomic E-state index is 0.636. The van der Waals surface area contributed by atoms with Crippen LogP contribution in [0.2, 0.25) is 5.02 Å². The molecule has 6 heteroatoms. The van der Waals surface area contributed by atoms with E-state index >= 15 is 0 Å². The summed E-state index contributed by atoms with van der Waals surface area (Å²) in [5.41, 5.74) is 5.68. The van der Waals surface area contributed by atoms with Gasteiger partial charge in [-0.25, -0.2) is 0 Å². The number of pyridine rings is 1. The largest absolute Gasteiger partial charge is 0.256 e. The number of aromatic nitrogens is 5. The van der Waals surface area contributed by atoms with Crippen LogP contribution >= 0.6 is 11.6 Å². The summed E-state index contributed by atoms with van der Waals surface area (Å²) in [5.74, 6) is 0.790. The molecule has 5 aromatic rings. The smallest absolute Gasteiger partial charge is 0.177 e. The molecule has 0 saturated carbocycles. The first-order chi connectivity index (χ1) is 14.7. The lowest BCUT2D eigenvalue weighted by Crippen LogP contribution is -2.01. The fourth-order valence-electron chi connectivity index (χ4n) is 3.27. The first kappa shape index (κ1) is 20.0. The molecule has 5 rings (SSSR count). The molecule has 0 aliphatic rings. The number of nitrogens with zero attached hydrogens (tertiary/aromatic N) is 5. The Labute approximate surface area is 180 Å². The molecule has 2 aromatic carbocycles. The third-order valence-corrected chi connectivity index (χ3v) is 5.23. The van der Waals surface area contributed by atoms with Gasteiger partial charge in [-0.05, 0) is 54.4 Å². The molecule has 3 aromatic heterocycles. The van der Waals surface area contributed by atoms with E-state index in [1.54, 1.807) is 10.7 Å². The summed E-state index contributed by atoms with van der Waals surface area (Å²) in [4.78, 5) is 4.37. The van der Waals surface area contributed by atoms with Gasteiger partial charge in [0.05, 0.1) is 11.2 Å². The maximum absolute atomic E-state index is 6.28. The summed E-state index contributed by atoms with van der Waals surface area (Å²) in [5, 5.41) is 15.2. The van der Waals surface area contributed by atoms with Crippen LogP contribution in [0.4, 0.5) is 0 Å². The lowest BCUT2D eigenvalue weighted by Gasteiger charge is -2.06. The van der Waals surface area contributed by atoms with Crippen LogP contribution in [0.25, 0.3) is 27.8 Å². The molecule has 0 radical (unpaired) electrons. The van der Waals surface area contributed by atoms with E-state index in [1.165, 1.54) is 0 Å². The molecule has 150 valence electrons. The minimum Gasteiger partial charge on any atom is -0.256 e. The summed E-state index contributed by atoms with van der Waals surface area (Å²) in [7, 11) is 0. The maximum atomic E-state index is 6.28. The zero-order valence-electron chi connectivity index (χ0n) is 17.2. The van der Waals surface area contributed by atoms with Gasteiger partial charge >= 0.3 is 0 Å². The first-order valence-corrected chi connectivity index (χ1v) is 10.4. The van der Waals surface area contributed by atoms with E-state index in [-0.39, 0.29) is 0 Å². The Morgan fingerprint density at radius 2 is 1.80 bits per heavy atom. The van der Waals surface area contributed by atoms with Crippen LogP contribution < -0.4 is 0 Å². The quantitative estimate of drug-likeness (QED) is 0.367. The van der Waals surface area contributed by atoms with E-state index in [1.807, 2.05) is 63.2 Å². The SMILES string of the molecule is CC.Cc1ccc(-c2ccc3nnc(Cc4ccc5ncccc5c4)n3n2)cc1Cl. The van der Waals surface area contributed by atoms with Crippen molar-refractivity contribution in [1.82, 2.24) is 24.8 Å². The molecule has 0 aliphatic heterocycles. The number of rotatable bonds is 3. The van der Waals surface area contributed by atoms with Crippen LogP contribution in [0.1, 0.15) is 30.8 Å². The van der Waals surface area contributed by atoms with Gasteiger partial charge in [-0.15, -0.1) is 10.2 Å². The fraction of sp³-hybridized carbons (Fsp3) is 0.167. The summed E-state index contributed by atoms with van der Waals surface area (Å²) < 4.78 is 1.80. The third-order valence-electron chi connectivity index (χ3n) is 4.82. The van der Waals surface area contributed by atoms with E-state index in [2.05, 4.69) is 33.4 Å². The average Bonchev–Trinajstić information content (AvgIpc) is 3.19. The summed E-state index contributed by atoms with van der Waals surface area (Å²) >= 11 is 6.28. The van der Waals surface area contributed by atoms with Crippen molar-refractivity contribution in [3.8, 4) is 11.3 Å². The van der Waals surface area contributed by atoms with Gasteiger partial charge in [0.1, 0.15) is 0 Å². The Balaban J connectivity index is 0.00000106. The van der Waals surface area contributed by atoms with Gasteiger partial charge in [-0.2, -0.15) is 9.61 Å². The predicted molar refractivity (Wildman–Crippen MR) is 122 cm³/mol. The maximum Gasteiger partial charge on any atom is 0.177 e. The van der Waals surface area contributed by atoms with Crippen LogP contribution in [0, 0.1) is 6.92 Å². The average molecular weight is 416 g/mol. The standard InChI is InChI=1S/C22H16ClN5.C2H6/c1-14-4-6-17(13-18(14)23)20-8-9-21-25-26-22(28(21)27-20)12-15-5-7-19-16(11-15)3-2-10-24-19;1-2/h2-11,13H,12H2,1H3;1-2H3. The minimum atomic E-state index is 0.636. The number of hydrogen-bond donors (Lipinski definition) is 0. The molecule has 0 atom stereocenters. The summed E-state index contributed by atoms with van der Waals surface area (Å²) in [6.45, 7) is 5.99. The fourth-order valence-corrected chi connectivity index (χ4v) is 3.45. The van der Waals surface area contributed by atoms with Gasteiger partial charge in [0.2, 0.25) is 0 Å². The number of hydrogen-bond acceptors (Lipinski definition) is 4. The molecule has 0 aliphatic carbocycles. The van der Waals surface area contributed by atoms with Gasteiger partial charge in [0.25, 0.3) is 0 Å². The van der Waals surface area contributed by atoms with Crippen molar-refractivity contribution < 1.29 is 0 Å². The van der Waals surface area contributed by atoms with Gasteiger partial charge in [0.15, 0.2) is 11.5 Å². The molecule has 0 unspecified atom stereocenters. The van der Waals surface area contributed by atoms with Crippen LogP contribution in [-0.2, 0) is 6.42 Å². The topological polar surface area (TPSA) is 56.0 Å². The van der Waals surface area contributed by atoms with E-state index < -0.39 is 0 Å². The van der Waals surface area contributed by atoms with Crippen LogP contribution in [-0.4, -0.2) is 24.8 Å². The van der Waals surface area contributed by atoms with E-state index in [0.29, 0.717) is 6.42 Å². The Hall–Kier alpha value is -3.31. The van der Waals surface area contributed by atoms with Crippen LogP contribution in [0.15, 0.2) is 66.9 Å². The summed E-state index contributed by atoms with van der Waals surface area (Å²) in [6.07, 6.45) is 2.44. The van der Waals surface area contributed by atoms with E-state index in [4.69, 9.17) is 16.7 Å². The van der Waals surface area contributed by atoms with Crippen LogP contribution in [0.3, 0.4) is 0 Å². The van der Waals surface area contributed by atoms with Crippen molar-refractivity contribution in [2.24, 2.45) is 0 Å². The zero-order valence-corrected chi connectivity index (χ0v) is 17.9. The van der Waals surface area contributed by atoms with E-state index in [9.17, 15) is 0 Å². The third kappa shape index (κ3) is 3.89. The first-order valence-electron chi connectivity index (χ1n) is 9.99. The number of fused-ring (bicyclic) bond motifs is 2. The Bertz CT molecular complexity index is 1330. The molecule has 0 amide bonds. The highest BCUT2D eigenvalue weighted by Gasteiger charge is 2.11. The number of halogens is 1. The van der Waals surface area contributed by atoms with E-state index in [0.717, 1.165) is 49.8 Å². The molecule has 5 nitrogen and oxygen atoms in total. The zero-order chi connectivity index (χ0) is 21.1. The highest BCUT2D eigenvalue weighted by Crippen LogP contribution is 2.24. The van der Waals surface area contributed by atoms with Crippen molar-refractivity contribution in [2.75, 3.05) is 0 Å².